The third kappa shape index (κ3) is 6.54. The Morgan fingerprint density at radius 1 is 1.69 bits per heavy atom. The molecule has 0 aromatic carbocycles. The van der Waals surface area contributed by atoms with Crippen molar-refractivity contribution in [2.45, 2.75) is 6.92 Å². The number of nitrogens with one attached hydrogen (secondary N) is 1. The van der Waals surface area contributed by atoms with Crippen molar-refractivity contribution in [3.05, 3.63) is 22.7 Å². The van der Waals surface area contributed by atoms with Crippen LogP contribution in [-0.2, 0) is 9.53 Å². The van der Waals surface area contributed by atoms with Crippen molar-refractivity contribution in [1.82, 2.24) is 5.32 Å². The standard InChI is InChI=1S/C9H14BrNO2/c1-7(9(12)13-3)4-5-11-6-8(2)10/h4,11H,2,5-6H2,1,3H3. The summed E-state index contributed by atoms with van der Waals surface area (Å²) in [6, 6.07) is 0. The van der Waals surface area contributed by atoms with Gasteiger partial charge < -0.3 is 10.1 Å². The van der Waals surface area contributed by atoms with Gasteiger partial charge in [0.1, 0.15) is 0 Å². The molecule has 3 nitrogen and oxygen atoms in total. The molecule has 0 radical (unpaired) electrons. The summed E-state index contributed by atoms with van der Waals surface area (Å²) in [5, 5.41) is 3.06. The topological polar surface area (TPSA) is 38.3 Å². The van der Waals surface area contributed by atoms with Gasteiger partial charge >= 0.3 is 5.97 Å². The molecule has 0 aliphatic carbocycles. The average molecular weight is 248 g/mol. The molecule has 0 spiro atoms. The second-order valence-electron chi connectivity index (χ2n) is 2.53. The van der Waals surface area contributed by atoms with Crippen molar-refractivity contribution in [2.24, 2.45) is 0 Å². The lowest BCUT2D eigenvalue weighted by Gasteiger charge is -2.00. The highest BCUT2D eigenvalue weighted by Gasteiger charge is 2.00. The molecule has 13 heavy (non-hydrogen) atoms. The van der Waals surface area contributed by atoms with Crippen molar-refractivity contribution in [3.8, 4) is 0 Å². The number of carbonyl (C=O) groups excluding carboxylic acids is 1. The first-order chi connectivity index (χ1) is 6.07. The van der Waals surface area contributed by atoms with Crippen LogP contribution in [0.5, 0.6) is 0 Å². The van der Waals surface area contributed by atoms with Gasteiger partial charge in [0, 0.05) is 23.1 Å². The minimum atomic E-state index is -0.292. The van der Waals surface area contributed by atoms with E-state index in [4.69, 9.17) is 0 Å². The molecular formula is C9H14BrNO2. The lowest BCUT2D eigenvalue weighted by atomic mass is 10.3. The van der Waals surface area contributed by atoms with Crippen LogP contribution in [0, 0.1) is 0 Å². The molecule has 0 fully saturated rings. The Balaban J connectivity index is 3.71. The van der Waals surface area contributed by atoms with E-state index in [1.54, 1.807) is 13.0 Å². The summed E-state index contributed by atoms with van der Waals surface area (Å²) in [7, 11) is 1.37. The summed E-state index contributed by atoms with van der Waals surface area (Å²) in [6.07, 6.45) is 1.78. The summed E-state index contributed by atoms with van der Waals surface area (Å²) in [5.41, 5.74) is 0.607. The highest BCUT2D eigenvalue weighted by Crippen LogP contribution is 1.97. The maximum absolute atomic E-state index is 10.9. The van der Waals surface area contributed by atoms with Gasteiger partial charge in [0.05, 0.1) is 7.11 Å². The molecule has 74 valence electrons. The van der Waals surface area contributed by atoms with Crippen LogP contribution < -0.4 is 5.32 Å². The van der Waals surface area contributed by atoms with Gasteiger partial charge in [-0.05, 0) is 6.92 Å². The molecule has 0 unspecified atom stereocenters. The van der Waals surface area contributed by atoms with E-state index in [0.717, 1.165) is 4.48 Å². The quantitative estimate of drug-likeness (QED) is 0.456. The molecule has 0 bridgehead atoms. The minimum absolute atomic E-state index is 0.292. The van der Waals surface area contributed by atoms with E-state index in [1.807, 2.05) is 0 Å². The number of methoxy groups -OCH3 is 1. The Hall–Kier alpha value is -0.610. The molecule has 1 N–H and O–H groups in total. The molecule has 0 atom stereocenters. The van der Waals surface area contributed by atoms with Crippen LogP contribution in [0.1, 0.15) is 6.92 Å². The second-order valence-corrected chi connectivity index (χ2v) is 3.65. The van der Waals surface area contributed by atoms with Crippen LogP contribution in [0.25, 0.3) is 0 Å². The predicted molar refractivity (Wildman–Crippen MR) is 56.7 cm³/mol. The fourth-order valence-electron chi connectivity index (χ4n) is 0.677. The highest BCUT2D eigenvalue weighted by molar-refractivity contribution is 9.11. The molecule has 0 saturated carbocycles. The summed E-state index contributed by atoms with van der Waals surface area (Å²) >= 11 is 3.21. The van der Waals surface area contributed by atoms with Crippen LogP contribution in [0.2, 0.25) is 0 Å². The van der Waals surface area contributed by atoms with Gasteiger partial charge in [-0.25, -0.2) is 4.79 Å². The van der Waals surface area contributed by atoms with Gasteiger partial charge in [0.15, 0.2) is 0 Å². The van der Waals surface area contributed by atoms with Crippen LogP contribution in [0.15, 0.2) is 22.7 Å². The van der Waals surface area contributed by atoms with Gasteiger partial charge in [-0.15, -0.1) is 0 Å². The molecular weight excluding hydrogens is 234 g/mol. The first-order valence-electron chi connectivity index (χ1n) is 3.87. The van der Waals surface area contributed by atoms with Crippen LogP contribution in [-0.4, -0.2) is 26.2 Å². The van der Waals surface area contributed by atoms with E-state index in [0.29, 0.717) is 18.7 Å². The maximum atomic E-state index is 10.9. The van der Waals surface area contributed by atoms with Crippen LogP contribution in [0.3, 0.4) is 0 Å². The summed E-state index contributed by atoms with van der Waals surface area (Å²) in [5.74, 6) is -0.292. The minimum Gasteiger partial charge on any atom is -0.466 e. The molecule has 0 rings (SSSR count). The molecule has 0 saturated heterocycles. The Morgan fingerprint density at radius 2 is 2.31 bits per heavy atom. The zero-order valence-corrected chi connectivity index (χ0v) is 9.48. The largest absolute Gasteiger partial charge is 0.466 e. The van der Waals surface area contributed by atoms with E-state index < -0.39 is 0 Å². The fraction of sp³-hybridized carbons (Fsp3) is 0.444. The number of hydrogen-bond donors (Lipinski definition) is 1. The van der Waals surface area contributed by atoms with Crippen LogP contribution in [0.4, 0.5) is 0 Å². The molecule has 4 heteroatoms. The Bertz CT molecular complexity index is 224. The average Bonchev–Trinajstić information content (AvgIpc) is 2.10. The first-order valence-corrected chi connectivity index (χ1v) is 4.66. The van der Waals surface area contributed by atoms with Gasteiger partial charge in [-0.1, -0.05) is 28.6 Å². The lowest BCUT2D eigenvalue weighted by Crippen LogP contribution is -2.16. The van der Waals surface area contributed by atoms with E-state index in [1.165, 1.54) is 7.11 Å². The number of rotatable bonds is 5. The van der Waals surface area contributed by atoms with Crippen molar-refractivity contribution in [1.29, 1.82) is 0 Å². The summed E-state index contributed by atoms with van der Waals surface area (Å²) in [4.78, 5) is 10.9. The van der Waals surface area contributed by atoms with E-state index in [2.05, 4.69) is 32.6 Å². The SMILES string of the molecule is C=C(Br)CNCC=C(C)C(=O)OC. The normalized spacial score (nSPS) is 11.2. The van der Waals surface area contributed by atoms with Gasteiger partial charge in [-0.3, -0.25) is 0 Å². The zero-order chi connectivity index (χ0) is 10.3. The number of halogens is 1. The monoisotopic (exact) mass is 247 g/mol. The van der Waals surface area contributed by atoms with E-state index >= 15 is 0 Å². The molecule has 0 heterocycles. The number of esters is 1. The van der Waals surface area contributed by atoms with E-state index in [-0.39, 0.29) is 5.97 Å². The molecule has 0 aromatic rings. The molecule has 0 aliphatic rings. The Kier molecular flexibility index (Phi) is 6.54. The summed E-state index contributed by atoms with van der Waals surface area (Å²) < 4.78 is 5.41. The predicted octanol–water partition coefficient (Wildman–Crippen LogP) is 1.60. The molecule has 0 aromatic heterocycles. The highest BCUT2D eigenvalue weighted by atomic mass is 79.9. The van der Waals surface area contributed by atoms with Crippen molar-refractivity contribution in [3.63, 3.8) is 0 Å². The van der Waals surface area contributed by atoms with Gasteiger partial charge in [-0.2, -0.15) is 0 Å². The smallest absolute Gasteiger partial charge is 0.333 e. The molecule has 0 amide bonds. The fourth-order valence-corrected chi connectivity index (χ4v) is 0.876. The number of carbonyl (C=O) groups is 1. The number of ether oxygens (including phenoxy) is 1. The maximum Gasteiger partial charge on any atom is 0.333 e. The Labute approximate surface area is 87.0 Å². The number of hydrogen-bond acceptors (Lipinski definition) is 3. The second kappa shape index (κ2) is 6.86. The third-order valence-corrected chi connectivity index (χ3v) is 1.66. The van der Waals surface area contributed by atoms with E-state index in [9.17, 15) is 4.79 Å². The summed E-state index contributed by atoms with van der Waals surface area (Å²) in [6.45, 7) is 6.70. The van der Waals surface area contributed by atoms with Crippen molar-refractivity contribution in [2.75, 3.05) is 20.2 Å². The lowest BCUT2D eigenvalue weighted by molar-refractivity contribution is -0.136. The Morgan fingerprint density at radius 3 is 2.77 bits per heavy atom. The third-order valence-electron chi connectivity index (χ3n) is 1.38. The van der Waals surface area contributed by atoms with Crippen LogP contribution >= 0.6 is 15.9 Å². The van der Waals surface area contributed by atoms with Gasteiger partial charge in [0.2, 0.25) is 0 Å². The van der Waals surface area contributed by atoms with Crippen molar-refractivity contribution >= 4 is 21.9 Å². The van der Waals surface area contributed by atoms with Crippen molar-refractivity contribution < 1.29 is 9.53 Å². The molecule has 0 aliphatic heterocycles. The zero-order valence-electron chi connectivity index (χ0n) is 7.89. The first kappa shape index (κ1) is 12.4. The van der Waals surface area contributed by atoms with Gasteiger partial charge in [0.25, 0.3) is 0 Å².